The normalized spacial score (nSPS) is 11.7. The molecule has 0 saturated heterocycles. The van der Waals surface area contributed by atoms with Crippen LogP contribution in [0, 0.1) is 0 Å². The van der Waals surface area contributed by atoms with E-state index in [0.29, 0.717) is 22.2 Å². The Bertz CT molecular complexity index is 1020. The van der Waals surface area contributed by atoms with E-state index in [-0.39, 0.29) is 5.56 Å². The highest BCUT2D eigenvalue weighted by molar-refractivity contribution is 6.32. The highest BCUT2D eigenvalue weighted by Gasteiger charge is 2.18. The SMILES string of the molecule is COc1ccc(NC(=O)C(C)n2nc(-c3cccnc3)ccc2=O)cc1Cl. The van der Waals surface area contributed by atoms with Gasteiger partial charge in [-0.2, -0.15) is 5.10 Å². The van der Waals surface area contributed by atoms with Crippen molar-refractivity contribution < 1.29 is 9.53 Å². The summed E-state index contributed by atoms with van der Waals surface area (Å²) in [7, 11) is 1.51. The molecular weight excluding hydrogens is 368 g/mol. The minimum absolute atomic E-state index is 0.372. The molecule has 0 aliphatic heterocycles. The maximum absolute atomic E-state index is 12.6. The quantitative estimate of drug-likeness (QED) is 0.730. The van der Waals surface area contributed by atoms with Gasteiger partial charge < -0.3 is 10.1 Å². The van der Waals surface area contributed by atoms with Crippen LogP contribution in [0.5, 0.6) is 5.75 Å². The van der Waals surface area contributed by atoms with Gasteiger partial charge in [0.25, 0.3) is 5.56 Å². The van der Waals surface area contributed by atoms with E-state index in [1.54, 1.807) is 49.6 Å². The summed E-state index contributed by atoms with van der Waals surface area (Å²) in [6, 6.07) is 10.6. The fourth-order valence-electron chi connectivity index (χ4n) is 2.47. The smallest absolute Gasteiger partial charge is 0.267 e. The van der Waals surface area contributed by atoms with E-state index >= 15 is 0 Å². The maximum Gasteiger partial charge on any atom is 0.267 e. The third kappa shape index (κ3) is 4.15. The first-order valence-electron chi connectivity index (χ1n) is 8.14. The van der Waals surface area contributed by atoms with Crippen LogP contribution in [0.2, 0.25) is 5.02 Å². The Morgan fingerprint density at radius 2 is 2.07 bits per heavy atom. The molecule has 27 heavy (non-hydrogen) atoms. The van der Waals surface area contributed by atoms with Gasteiger partial charge in [-0.3, -0.25) is 14.6 Å². The number of nitrogens with one attached hydrogen (secondary N) is 1. The lowest BCUT2D eigenvalue weighted by molar-refractivity contribution is -0.119. The fraction of sp³-hybridized carbons (Fsp3) is 0.158. The number of rotatable bonds is 5. The van der Waals surface area contributed by atoms with Crippen LogP contribution in [0.25, 0.3) is 11.3 Å². The molecule has 0 saturated carbocycles. The highest BCUT2D eigenvalue weighted by atomic mass is 35.5. The topological polar surface area (TPSA) is 86.1 Å². The number of benzene rings is 1. The first kappa shape index (κ1) is 18.6. The van der Waals surface area contributed by atoms with Crippen molar-refractivity contribution in [1.29, 1.82) is 0 Å². The molecule has 2 heterocycles. The van der Waals surface area contributed by atoms with Crippen molar-refractivity contribution in [2.24, 2.45) is 0 Å². The Hall–Kier alpha value is -3.19. The van der Waals surface area contributed by atoms with Gasteiger partial charge in [-0.15, -0.1) is 0 Å². The van der Waals surface area contributed by atoms with Crippen molar-refractivity contribution in [3.8, 4) is 17.0 Å². The first-order chi connectivity index (χ1) is 13.0. The summed E-state index contributed by atoms with van der Waals surface area (Å²) in [5.74, 6) is 0.110. The number of carbonyl (C=O) groups excluding carboxylic acids is 1. The average Bonchev–Trinajstić information content (AvgIpc) is 2.68. The standard InChI is InChI=1S/C19H17ClN4O3/c1-12(19(26)22-14-5-7-17(27-2)15(20)10-14)24-18(25)8-6-16(23-24)13-4-3-9-21-11-13/h3-12H,1-2H3,(H,22,26). The lowest BCUT2D eigenvalue weighted by atomic mass is 10.2. The first-order valence-corrected chi connectivity index (χ1v) is 8.52. The molecule has 0 bridgehead atoms. The van der Waals surface area contributed by atoms with Gasteiger partial charge in [0.05, 0.1) is 17.8 Å². The molecule has 0 spiro atoms. The van der Waals surface area contributed by atoms with E-state index in [4.69, 9.17) is 16.3 Å². The van der Waals surface area contributed by atoms with Gasteiger partial charge in [-0.1, -0.05) is 11.6 Å². The average molecular weight is 385 g/mol. The molecule has 1 aromatic carbocycles. The van der Waals surface area contributed by atoms with Gasteiger partial charge in [-0.05, 0) is 43.3 Å². The number of carbonyl (C=O) groups is 1. The fourth-order valence-corrected chi connectivity index (χ4v) is 2.73. The number of anilines is 1. The molecule has 1 atom stereocenters. The number of halogens is 1. The number of methoxy groups -OCH3 is 1. The molecule has 2 aromatic heterocycles. The van der Waals surface area contributed by atoms with Crippen LogP contribution < -0.4 is 15.6 Å². The number of aromatic nitrogens is 3. The monoisotopic (exact) mass is 384 g/mol. The number of nitrogens with zero attached hydrogens (tertiary/aromatic N) is 3. The molecule has 3 rings (SSSR count). The molecule has 0 aliphatic carbocycles. The molecule has 7 nitrogen and oxygen atoms in total. The van der Waals surface area contributed by atoms with E-state index in [0.717, 1.165) is 10.2 Å². The Morgan fingerprint density at radius 3 is 2.74 bits per heavy atom. The molecule has 0 fully saturated rings. The summed E-state index contributed by atoms with van der Waals surface area (Å²) in [6.45, 7) is 1.60. The number of amides is 1. The van der Waals surface area contributed by atoms with E-state index in [2.05, 4.69) is 15.4 Å². The van der Waals surface area contributed by atoms with Crippen molar-refractivity contribution in [2.45, 2.75) is 13.0 Å². The second-order valence-corrected chi connectivity index (χ2v) is 6.16. The Labute approximate surface area is 160 Å². The van der Waals surface area contributed by atoms with Crippen LogP contribution in [0.3, 0.4) is 0 Å². The van der Waals surface area contributed by atoms with E-state index in [1.165, 1.54) is 13.2 Å². The van der Waals surface area contributed by atoms with E-state index in [9.17, 15) is 9.59 Å². The lowest BCUT2D eigenvalue weighted by Gasteiger charge is -2.15. The zero-order valence-electron chi connectivity index (χ0n) is 14.7. The minimum atomic E-state index is -0.824. The van der Waals surface area contributed by atoms with Crippen LogP contribution in [0.4, 0.5) is 5.69 Å². The summed E-state index contributed by atoms with van der Waals surface area (Å²) in [4.78, 5) is 28.8. The molecule has 3 aromatic rings. The van der Waals surface area contributed by atoms with Gasteiger partial charge in [0.15, 0.2) is 0 Å². The third-order valence-corrected chi connectivity index (χ3v) is 4.24. The van der Waals surface area contributed by atoms with Crippen molar-refractivity contribution in [2.75, 3.05) is 12.4 Å². The van der Waals surface area contributed by atoms with Gasteiger partial charge in [0, 0.05) is 29.7 Å². The largest absolute Gasteiger partial charge is 0.495 e. The maximum atomic E-state index is 12.6. The van der Waals surface area contributed by atoms with Gasteiger partial charge in [0.1, 0.15) is 11.8 Å². The summed E-state index contributed by atoms with van der Waals surface area (Å²) in [5, 5.41) is 7.41. The van der Waals surface area contributed by atoms with Gasteiger partial charge >= 0.3 is 0 Å². The van der Waals surface area contributed by atoms with Crippen molar-refractivity contribution in [1.82, 2.24) is 14.8 Å². The lowest BCUT2D eigenvalue weighted by Crippen LogP contribution is -2.33. The Balaban J connectivity index is 1.84. The van der Waals surface area contributed by atoms with Crippen LogP contribution >= 0.6 is 11.6 Å². The predicted molar refractivity (Wildman–Crippen MR) is 103 cm³/mol. The van der Waals surface area contributed by atoms with Crippen LogP contribution in [0.1, 0.15) is 13.0 Å². The summed E-state index contributed by atoms with van der Waals surface area (Å²) < 4.78 is 6.23. The zero-order chi connectivity index (χ0) is 19.4. The Morgan fingerprint density at radius 1 is 1.26 bits per heavy atom. The summed E-state index contributed by atoms with van der Waals surface area (Å²) >= 11 is 6.07. The predicted octanol–water partition coefficient (Wildman–Crippen LogP) is 3.17. The van der Waals surface area contributed by atoms with E-state index in [1.807, 2.05) is 6.07 Å². The number of pyridine rings is 1. The molecule has 1 N–H and O–H groups in total. The number of ether oxygens (including phenoxy) is 1. The van der Waals surface area contributed by atoms with Gasteiger partial charge in [0.2, 0.25) is 5.91 Å². The van der Waals surface area contributed by atoms with Gasteiger partial charge in [-0.25, -0.2) is 4.68 Å². The van der Waals surface area contributed by atoms with Crippen molar-refractivity contribution in [3.63, 3.8) is 0 Å². The van der Waals surface area contributed by atoms with Crippen LogP contribution in [0.15, 0.2) is 59.7 Å². The zero-order valence-corrected chi connectivity index (χ0v) is 15.5. The second-order valence-electron chi connectivity index (χ2n) is 5.76. The second kappa shape index (κ2) is 8.01. The molecule has 8 heteroatoms. The van der Waals surface area contributed by atoms with Crippen molar-refractivity contribution in [3.05, 3.63) is 70.2 Å². The Kier molecular flexibility index (Phi) is 5.52. The molecule has 0 radical (unpaired) electrons. The summed E-state index contributed by atoms with van der Waals surface area (Å²) in [6.07, 6.45) is 3.29. The highest BCUT2D eigenvalue weighted by Crippen LogP contribution is 2.27. The third-order valence-electron chi connectivity index (χ3n) is 3.95. The number of hydrogen-bond donors (Lipinski definition) is 1. The molecule has 1 unspecified atom stereocenters. The van der Waals surface area contributed by atoms with Crippen LogP contribution in [-0.2, 0) is 4.79 Å². The van der Waals surface area contributed by atoms with E-state index < -0.39 is 11.9 Å². The molecule has 1 amide bonds. The minimum Gasteiger partial charge on any atom is -0.495 e. The molecule has 138 valence electrons. The van der Waals surface area contributed by atoms with Crippen LogP contribution in [-0.4, -0.2) is 27.8 Å². The molecular formula is C19H17ClN4O3. The molecule has 0 aliphatic rings. The van der Waals surface area contributed by atoms with Crippen molar-refractivity contribution >= 4 is 23.2 Å². The number of hydrogen-bond acceptors (Lipinski definition) is 5. The summed E-state index contributed by atoms with van der Waals surface area (Å²) in [5.41, 5.74) is 1.42.